The first-order valence-corrected chi connectivity index (χ1v) is 15.8. The summed E-state index contributed by atoms with van der Waals surface area (Å²) in [5, 5.41) is 7.73. The second kappa shape index (κ2) is 9.35. The zero-order valence-electron chi connectivity index (χ0n) is 24.7. The van der Waals surface area contributed by atoms with E-state index in [0.717, 1.165) is 12.8 Å². The van der Waals surface area contributed by atoms with Crippen LogP contribution in [0, 0.1) is 0 Å². The van der Waals surface area contributed by atoms with E-state index in [2.05, 4.69) is 165 Å². The second-order valence-electron chi connectivity index (χ2n) is 12.1. The van der Waals surface area contributed by atoms with Crippen LogP contribution in [0.25, 0.3) is 82.5 Å². The molecule has 3 nitrogen and oxygen atoms in total. The standard InChI is InChI=1S/C42H29N3/c1-3-13-28(14-4-1)43-35-20-10-7-17-31(35)34-27-30(23-24-38(34)43)45-37-22-12-9-19-33(37)42-40(45)26-25-39-41(42)32-18-8-11-21-36(32)44(39)29-15-5-2-6-16-29/h1-3,5-13,15-27H,4,14H2. The van der Waals surface area contributed by atoms with E-state index in [9.17, 15) is 0 Å². The molecule has 212 valence electrons. The Balaban J connectivity index is 1.31. The van der Waals surface area contributed by atoms with Crippen molar-refractivity contribution in [1.82, 2.24) is 13.7 Å². The third kappa shape index (κ3) is 3.41. The minimum atomic E-state index is 1.05. The lowest BCUT2D eigenvalue weighted by molar-refractivity contribution is 0.979. The summed E-state index contributed by atoms with van der Waals surface area (Å²) in [4.78, 5) is 0. The first-order valence-electron chi connectivity index (χ1n) is 15.8. The van der Waals surface area contributed by atoms with Gasteiger partial charge in [-0.3, -0.25) is 0 Å². The molecule has 0 radical (unpaired) electrons. The van der Waals surface area contributed by atoms with E-state index in [1.807, 2.05) is 0 Å². The third-order valence-corrected chi connectivity index (χ3v) is 9.68. The molecule has 0 amide bonds. The van der Waals surface area contributed by atoms with Crippen molar-refractivity contribution < 1.29 is 0 Å². The Hall–Kier alpha value is -5.80. The molecule has 0 fully saturated rings. The Morgan fingerprint density at radius 3 is 1.58 bits per heavy atom. The number of aromatic nitrogens is 3. The van der Waals surface area contributed by atoms with Crippen molar-refractivity contribution in [3.05, 3.63) is 152 Å². The number of fused-ring (bicyclic) bond motifs is 10. The number of para-hydroxylation sites is 4. The van der Waals surface area contributed by atoms with Crippen molar-refractivity contribution in [2.24, 2.45) is 0 Å². The van der Waals surface area contributed by atoms with Gasteiger partial charge < -0.3 is 13.7 Å². The van der Waals surface area contributed by atoms with Crippen LogP contribution in [-0.4, -0.2) is 13.7 Å². The summed E-state index contributed by atoms with van der Waals surface area (Å²) in [6.45, 7) is 0. The summed E-state index contributed by atoms with van der Waals surface area (Å²) in [6, 6.07) is 48.9. The van der Waals surface area contributed by atoms with Gasteiger partial charge in [-0.25, -0.2) is 0 Å². The molecule has 9 aromatic rings. The molecule has 0 aliphatic heterocycles. The quantitative estimate of drug-likeness (QED) is 0.199. The SMILES string of the molecule is C1=CCCC(n2c3ccccc3c3cc(-n4c5ccccc5c5c6c7ccccc7n(-c7ccccc7)c6ccc54)ccc32)=C1. The van der Waals surface area contributed by atoms with Crippen LogP contribution >= 0.6 is 0 Å². The second-order valence-corrected chi connectivity index (χ2v) is 12.1. The van der Waals surface area contributed by atoms with Crippen LogP contribution in [0.2, 0.25) is 0 Å². The molecule has 3 aromatic heterocycles. The monoisotopic (exact) mass is 575 g/mol. The maximum absolute atomic E-state index is 2.47. The summed E-state index contributed by atoms with van der Waals surface area (Å²) in [7, 11) is 0. The zero-order chi connectivity index (χ0) is 29.5. The molecule has 10 rings (SSSR count). The highest BCUT2D eigenvalue weighted by Crippen LogP contribution is 2.43. The molecule has 3 heterocycles. The molecule has 0 spiro atoms. The number of benzene rings is 6. The molecule has 1 aliphatic carbocycles. The highest BCUT2D eigenvalue weighted by atomic mass is 15.0. The maximum Gasteiger partial charge on any atom is 0.0548 e. The summed E-state index contributed by atoms with van der Waals surface area (Å²) in [5.41, 5.74) is 11.1. The van der Waals surface area contributed by atoms with Gasteiger partial charge >= 0.3 is 0 Å². The number of hydrogen-bond donors (Lipinski definition) is 0. The lowest BCUT2D eigenvalue weighted by Gasteiger charge is -2.14. The average molecular weight is 576 g/mol. The highest BCUT2D eigenvalue weighted by Gasteiger charge is 2.21. The molecule has 0 saturated heterocycles. The number of hydrogen-bond acceptors (Lipinski definition) is 0. The Labute approximate surface area is 260 Å². The van der Waals surface area contributed by atoms with E-state index in [1.165, 1.54) is 82.5 Å². The van der Waals surface area contributed by atoms with Gasteiger partial charge in [0.15, 0.2) is 0 Å². The van der Waals surface area contributed by atoms with Crippen LogP contribution in [0.1, 0.15) is 12.8 Å². The fraction of sp³-hybridized carbons (Fsp3) is 0.0476. The van der Waals surface area contributed by atoms with Gasteiger partial charge in [-0.1, -0.05) is 84.9 Å². The van der Waals surface area contributed by atoms with Gasteiger partial charge in [0.2, 0.25) is 0 Å². The predicted molar refractivity (Wildman–Crippen MR) is 191 cm³/mol. The largest absolute Gasteiger partial charge is 0.313 e. The Morgan fingerprint density at radius 1 is 0.400 bits per heavy atom. The van der Waals surface area contributed by atoms with Crippen LogP contribution in [0.5, 0.6) is 0 Å². The molecule has 0 unspecified atom stereocenters. The van der Waals surface area contributed by atoms with E-state index in [0.29, 0.717) is 0 Å². The molecule has 1 aliphatic rings. The van der Waals surface area contributed by atoms with E-state index in [4.69, 9.17) is 0 Å². The third-order valence-electron chi connectivity index (χ3n) is 9.68. The van der Waals surface area contributed by atoms with E-state index in [1.54, 1.807) is 0 Å². The predicted octanol–water partition coefficient (Wildman–Crippen LogP) is 11.2. The molecule has 45 heavy (non-hydrogen) atoms. The van der Waals surface area contributed by atoms with Crippen molar-refractivity contribution in [1.29, 1.82) is 0 Å². The van der Waals surface area contributed by atoms with Gasteiger partial charge in [0.1, 0.15) is 0 Å². The van der Waals surface area contributed by atoms with Gasteiger partial charge in [0.05, 0.1) is 33.1 Å². The minimum Gasteiger partial charge on any atom is -0.313 e. The van der Waals surface area contributed by atoms with Crippen LogP contribution in [-0.2, 0) is 0 Å². The summed E-state index contributed by atoms with van der Waals surface area (Å²) in [6.07, 6.45) is 8.85. The van der Waals surface area contributed by atoms with Crippen molar-refractivity contribution in [3.63, 3.8) is 0 Å². The topological polar surface area (TPSA) is 14.8 Å². The number of nitrogens with zero attached hydrogens (tertiary/aromatic N) is 3. The molecule has 0 saturated carbocycles. The van der Waals surface area contributed by atoms with Crippen LogP contribution < -0.4 is 0 Å². The maximum atomic E-state index is 2.47. The van der Waals surface area contributed by atoms with E-state index < -0.39 is 0 Å². The van der Waals surface area contributed by atoms with Crippen molar-refractivity contribution >= 4 is 71.1 Å². The fourth-order valence-corrected chi connectivity index (χ4v) is 7.84. The Bertz CT molecular complexity index is 2690. The summed E-state index contributed by atoms with van der Waals surface area (Å²) in [5.74, 6) is 0. The average Bonchev–Trinajstić information content (AvgIpc) is 3.74. The van der Waals surface area contributed by atoms with Crippen LogP contribution in [0.3, 0.4) is 0 Å². The first kappa shape index (κ1) is 24.6. The van der Waals surface area contributed by atoms with Gasteiger partial charge in [-0.2, -0.15) is 0 Å². The van der Waals surface area contributed by atoms with E-state index in [-0.39, 0.29) is 0 Å². The lowest BCUT2D eigenvalue weighted by atomic mass is 10.1. The van der Waals surface area contributed by atoms with Crippen LogP contribution in [0.4, 0.5) is 0 Å². The fourth-order valence-electron chi connectivity index (χ4n) is 7.84. The van der Waals surface area contributed by atoms with Gasteiger partial charge in [0, 0.05) is 49.4 Å². The van der Waals surface area contributed by atoms with Crippen molar-refractivity contribution in [2.75, 3.05) is 0 Å². The molecular formula is C42H29N3. The highest BCUT2D eigenvalue weighted by molar-refractivity contribution is 6.29. The molecule has 3 heteroatoms. The molecule has 0 bridgehead atoms. The summed E-state index contributed by atoms with van der Waals surface area (Å²) >= 11 is 0. The zero-order valence-corrected chi connectivity index (χ0v) is 24.7. The normalized spacial score (nSPS) is 13.6. The van der Waals surface area contributed by atoms with E-state index >= 15 is 0 Å². The smallest absolute Gasteiger partial charge is 0.0548 e. The number of rotatable bonds is 3. The Morgan fingerprint density at radius 2 is 0.933 bits per heavy atom. The van der Waals surface area contributed by atoms with Crippen molar-refractivity contribution in [2.45, 2.75) is 12.8 Å². The van der Waals surface area contributed by atoms with Gasteiger partial charge in [0.25, 0.3) is 0 Å². The summed E-state index contributed by atoms with van der Waals surface area (Å²) < 4.78 is 7.34. The molecule has 0 atom stereocenters. The Kier molecular flexibility index (Phi) is 5.11. The van der Waals surface area contributed by atoms with Crippen molar-refractivity contribution in [3.8, 4) is 11.4 Å². The molecular weight excluding hydrogens is 546 g/mol. The first-order chi connectivity index (χ1) is 22.4. The van der Waals surface area contributed by atoms with Gasteiger partial charge in [-0.05, 0) is 79.6 Å². The number of allylic oxidation sites excluding steroid dienone is 4. The molecule has 6 aromatic carbocycles. The van der Waals surface area contributed by atoms with Gasteiger partial charge in [-0.15, -0.1) is 0 Å². The lowest BCUT2D eigenvalue weighted by Crippen LogP contribution is -1.99. The molecule has 0 N–H and O–H groups in total. The minimum absolute atomic E-state index is 1.05. The van der Waals surface area contributed by atoms with Crippen LogP contribution in [0.15, 0.2) is 152 Å².